The fraction of sp³-hybridized carbons (Fsp3) is 0.459. The molecule has 1 saturated carbocycles. The molecule has 0 spiro atoms. The Labute approximate surface area is 283 Å². The van der Waals surface area contributed by atoms with Crippen LogP contribution in [-0.2, 0) is 11.2 Å². The Morgan fingerprint density at radius 2 is 1.90 bits per heavy atom. The number of carboxylic acid groups (broad SMARTS) is 1. The number of hydrogen-bond donors (Lipinski definition) is 6. The van der Waals surface area contributed by atoms with E-state index >= 15 is 0 Å². The number of aryl methyl sites for hydroxylation is 1. The molecule has 0 aromatic heterocycles. The van der Waals surface area contributed by atoms with E-state index in [9.17, 15) is 24.9 Å². The first kappa shape index (κ1) is 36.5. The van der Waals surface area contributed by atoms with Crippen molar-refractivity contribution in [3.63, 3.8) is 0 Å². The number of phenolic OH excluding ortho intramolecular Hbond substituents is 1. The number of benzene rings is 2. The highest BCUT2D eigenvalue weighted by Crippen LogP contribution is 2.37. The Morgan fingerprint density at radius 3 is 2.56 bits per heavy atom. The molecule has 1 saturated heterocycles. The van der Waals surface area contributed by atoms with E-state index in [0.717, 1.165) is 37.7 Å². The molecule has 1 heterocycles. The quantitative estimate of drug-likeness (QED) is 0.146. The third-order valence-electron chi connectivity index (χ3n) is 9.68. The number of aromatic hydroxyl groups is 1. The Kier molecular flexibility index (Phi) is 13.1. The fourth-order valence-electron chi connectivity index (χ4n) is 6.99. The number of likely N-dealkylation sites (tertiary alicyclic amines) is 1. The molecule has 2 unspecified atom stereocenters. The van der Waals surface area contributed by atoms with E-state index in [2.05, 4.69) is 51.5 Å². The number of amides is 1. The van der Waals surface area contributed by atoms with Crippen LogP contribution in [0.25, 0.3) is 6.08 Å². The Balaban J connectivity index is 1.35. The van der Waals surface area contributed by atoms with Crippen molar-refractivity contribution in [2.24, 2.45) is 15.9 Å². The summed E-state index contributed by atoms with van der Waals surface area (Å²) in [7, 11) is 1.79. The van der Waals surface area contributed by atoms with Crippen molar-refractivity contribution in [2.45, 2.75) is 82.1 Å². The molecule has 2 aromatic carbocycles. The van der Waals surface area contributed by atoms with Crippen molar-refractivity contribution in [3.8, 4) is 5.75 Å². The number of phenols is 1. The van der Waals surface area contributed by atoms with Gasteiger partial charge in [0.2, 0.25) is 0 Å². The van der Waals surface area contributed by atoms with E-state index in [1.165, 1.54) is 17.7 Å². The molecule has 1 aliphatic heterocycles. The topological polar surface area (TPSA) is 159 Å². The molecular weight excluding hydrogens is 608 g/mol. The van der Waals surface area contributed by atoms with E-state index in [-0.39, 0.29) is 37.3 Å². The number of carbonyl (C=O) groups excluding carboxylic acids is 1. The van der Waals surface area contributed by atoms with Gasteiger partial charge in [-0.3, -0.25) is 19.5 Å². The Hall–Kier alpha value is -4.32. The largest absolute Gasteiger partial charge is 0.508 e. The van der Waals surface area contributed by atoms with E-state index in [4.69, 9.17) is 0 Å². The zero-order chi connectivity index (χ0) is 34.7. The first-order chi connectivity index (χ1) is 23.1. The van der Waals surface area contributed by atoms with Crippen LogP contribution in [-0.4, -0.2) is 89.5 Å². The highest BCUT2D eigenvalue weighted by molar-refractivity contribution is 5.94. The van der Waals surface area contributed by atoms with Crippen LogP contribution in [0.3, 0.4) is 0 Å². The number of hydrogen-bond acceptors (Lipinski definition) is 9. The molecule has 1 aliphatic carbocycles. The molecule has 6 N–H and O–H groups in total. The predicted octanol–water partition coefficient (Wildman–Crippen LogP) is 4.25. The molecule has 11 heteroatoms. The molecule has 258 valence electrons. The highest BCUT2D eigenvalue weighted by Gasteiger charge is 2.51. The number of nitrogens with one attached hydrogen (secondary N) is 3. The lowest BCUT2D eigenvalue weighted by Gasteiger charge is -2.38. The minimum Gasteiger partial charge on any atom is -0.508 e. The monoisotopic (exact) mass is 658 g/mol. The average molecular weight is 659 g/mol. The summed E-state index contributed by atoms with van der Waals surface area (Å²) in [6.45, 7) is 8.80. The predicted molar refractivity (Wildman–Crippen MR) is 190 cm³/mol. The molecule has 3 atom stereocenters. The Morgan fingerprint density at radius 1 is 1.12 bits per heavy atom. The van der Waals surface area contributed by atoms with Gasteiger partial charge in [-0.15, -0.1) is 0 Å². The standard InChI is InChI=1S/C37H50N6O5/c1-25-19-29(12-15-32(25)45)35(46)41-22-31(44)24-43-34(40-4)16-18-37(43,36(47)48)17-6-9-26-7-5-8-28(20-26)21-27-10-13-30(14-11-27)42-33(39-3)23-38-2/h5-9,12,15,19-20,23,27,30-31,34,40,42,44-45H,2-3,10-11,13-14,16-18,21-22,24H2,1,4H3,(H,41,46)(H,47,48)/b9-6?,33-23+/t27?,30?,31?,34?,37-/m1/s1. The van der Waals surface area contributed by atoms with Gasteiger partial charge in [-0.2, -0.15) is 0 Å². The Bertz CT molecular complexity index is 1500. The van der Waals surface area contributed by atoms with Gasteiger partial charge in [-0.05, 0) is 120 Å². The van der Waals surface area contributed by atoms with Gasteiger partial charge in [0.05, 0.1) is 18.5 Å². The van der Waals surface area contributed by atoms with Crippen LogP contribution in [0.1, 0.15) is 72.0 Å². The maximum Gasteiger partial charge on any atom is 0.324 e. The minimum absolute atomic E-state index is 0.0426. The lowest BCUT2D eigenvalue weighted by molar-refractivity contribution is -0.151. The van der Waals surface area contributed by atoms with Gasteiger partial charge in [-0.1, -0.05) is 36.4 Å². The lowest BCUT2D eigenvalue weighted by atomic mass is 9.82. The van der Waals surface area contributed by atoms with Crippen LogP contribution < -0.4 is 16.0 Å². The van der Waals surface area contributed by atoms with E-state index in [1.54, 1.807) is 26.2 Å². The number of aliphatic hydroxyl groups excluding tert-OH is 1. The zero-order valence-corrected chi connectivity index (χ0v) is 28.1. The van der Waals surface area contributed by atoms with Gasteiger partial charge in [0.1, 0.15) is 17.1 Å². The second kappa shape index (κ2) is 17.2. The molecule has 2 aromatic rings. The smallest absolute Gasteiger partial charge is 0.324 e. The SMILES string of the molecule is C=N/C=C(\N=C)NC1CCC(Cc2cccc(C=CC[C@]3(C(=O)O)CCC(NC)N3CC(O)CNC(=O)c3ccc(O)c(C)c3)c2)CC1. The minimum atomic E-state index is -1.20. The first-order valence-corrected chi connectivity index (χ1v) is 16.7. The van der Waals surface area contributed by atoms with Gasteiger partial charge in [0, 0.05) is 24.7 Å². The summed E-state index contributed by atoms with van der Waals surface area (Å²) < 4.78 is 0. The van der Waals surface area contributed by atoms with Crippen molar-refractivity contribution >= 4 is 31.4 Å². The summed E-state index contributed by atoms with van der Waals surface area (Å²) in [4.78, 5) is 35.1. The third kappa shape index (κ3) is 9.40. The van der Waals surface area contributed by atoms with Gasteiger partial charge >= 0.3 is 5.97 Å². The first-order valence-electron chi connectivity index (χ1n) is 16.7. The number of carbonyl (C=O) groups is 2. The van der Waals surface area contributed by atoms with Crippen molar-refractivity contribution in [2.75, 3.05) is 20.1 Å². The van der Waals surface area contributed by atoms with Crippen LogP contribution in [0.2, 0.25) is 0 Å². The molecule has 48 heavy (non-hydrogen) atoms. The maximum absolute atomic E-state index is 12.8. The summed E-state index contributed by atoms with van der Waals surface area (Å²) in [5, 5.41) is 40.5. The summed E-state index contributed by atoms with van der Waals surface area (Å²) in [6.07, 6.45) is 10.9. The molecule has 0 bridgehead atoms. The van der Waals surface area contributed by atoms with Crippen molar-refractivity contribution in [3.05, 3.63) is 82.8 Å². The van der Waals surface area contributed by atoms with Crippen molar-refractivity contribution in [1.82, 2.24) is 20.9 Å². The third-order valence-corrected chi connectivity index (χ3v) is 9.68. The van der Waals surface area contributed by atoms with Gasteiger partial charge < -0.3 is 31.3 Å². The highest BCUT2D eigenvalue weighted by atomic mass is 16.4. The fourth-order valence-corrected chi connectivity index (χ4v) is 6.99. The maximum atomic E-state index is 12.8. The number of aliphatic carboxylic acids is 1. The number of rotatable bonds is 16. The molecule has 4 rings (SSSR count). The molecule has 2 fully saturated rings. The van der Waals surface area contributed by atoms with Crippen LogP contribution in [0.15, 0.2) is 70.5 Å². The number of aliphatic imine (C=N–C) groups is 2. The van der Waals surface area contributed by atoms with E-state index in [0.29, 0.717) is 41.7 Å². The average Bonchev–Trinajstić information content (AvgIpc) is 3.43. The summed E-state index contributed by atoms with van der Waals surface area (Å²) >= 11 is 0. The zero-order valence-electron chi connectivity index (χ0n) is 28.1. The molecular formula is C37H50N6O5. The molecule has 0 radical (unpaired) electrons. The summed E-state index contributed by atoms with van der Waals surface area (Å²) in [5.41, 5.74) is 2.03. The van der Waals surface area contributed by atoms with Gasteiger partial charge in [0.15, 0.2) is 0 Å². The molecule has 1 amide bonds. The van der Waals surface area contributed by atoms with E-state index in [1.807, 2.05) is 29.2 Å². The molecule has 11 nitrogen and oxygen atoms in total. The summed E-state index contributed by atoms with van der Waals surface area (Å²) in [6, 6.07) is 13.3. The van der Waals surface area contributed by atoms with Crippen LogP contribution in [0.5, 0.6) is 5.75 Å². The van der Waals surface area contributed by atoms with Gasteiger partial charge in [-0.25, -0.2) is 4.99 Å². The number of nitrogens with zero attached hydrogens (tertiary/aromatic N) is 3. The number of aliphatic hydroxyl groups is 1. The van der Waals surface area contributed by atoms with Crippen LogP contribution >= 0.6 is 0 Å². The van der Waals surface area contributed by atoms with Crippen LogP contribution in [0.4, 0.5) is 0 Å². The summed E-state index contributed by atoms with van der Waals surface area (Å²) in [5.74, 6) is 0.0288. The van der Waals surface area contributed by atoms with Gasteiger partial charge in [0.25, 0.3) is 5.91 Å². The van der Waals surface area contributed by atoms with E-state index < -0.39 is 17.6 Å². The normalized spacial score (nSPS) is 23.9. The molecule has 2 aliphatic rings. The second-order valence-corrected chi connectivity index (χ2v) is 13.0. The van der Waals surface area contributed by atoms with Crippen LogP contribution in [0, 0.1) is 12.8 Å². The van der Waals surface area contributed by atoms with Crippen molar-refractivity contribution in [1.29, 1.82) is 0 Å². The second-order valence-electron chi connectivity index (χ2n) is 13.0. The van der Waals surface area contributed by atoms with Crippen molar-refractivity contribution < 1.29 is 24.9 Å². The number of carboxylic acids is 1. The number of β-amino-alcohol motifs (C(OH)–C–C–N with tert-alkyl or cyclic N) is 1. The lowest BCUT2D eigenvalue weighted by Crippen LogP contribution is -2.58.